The quantitative estimate of drug-likeness (QED) is 0.176. The molecule has 0 fully saturated rings. The van der Waals surface area contributed by atoms with Gasteiger partial charge in [-0.25, -0.2) is 39.5 Å². The van der Waals surface area contributed by atoms with Crippen LogP contribution >= 0.6 is 23.5 Å². The Kier molecular flexibility index (Phi) is 8.80. The number of benzene rings is 2. The minimum absolute atomic E-state index is 0.0647. The van der Waals surface area contributed by atoms with Crippen molar-refractivity contribution in [2.75, 3.05) is 12.3 Å². The second-order valence-electron chi connectivity index (χ2n) is 6.84. The Labute approximate surface area is 191 Å². The predicted molar refractivity (Wildman–Crippen MR) is 105 cm³/mol. The van der Waals surface area contributed by atoms with Crippen LogP contribution in [0.25, 0.3) is 0 Å². The van der Waals surface area contributed by atoms with Gasteiger partial charge in [0.15, 0.2) is 52.3 Å². The van der Waals surface area contributed by atoms with Gasteiger partial charge in [-0.2, -0.15) is 0 Å². The fourth-order valence-electron chi connectivity index (χ4n) is 2.81. The van der Waals surface area contributed by atoms with Gasteiger partial charge in [0.25, 0.3) is 0 Å². The number of likely N-dealkylation sites (N-methyl/N-ethyl adjacent to an activating group) is 1. The molecule has 2 rings (SSSR count). The van der Waals surface area contributed by atoms with Crippen molar-refractivity contribution in [1.29, 1.82) is 0 Å². The normalized spacial score (nSPS) is 13.3. The maximum atomic E-state index is 14.6. The molecule has 182 valence electrons. The second-order valence-corrected chi connectivity index (χ2v) is 8.85. The highest BCUT2D eigenvalue weighted by Gasteiger charge is 2.35. The Morgan fingerprint density at radius 3 is 1.45 bits per heavy atom. The van der Waals surface area contributed by atoms with E-state index < -0.39 is 84.3 Å². The van der Waals surface area contributed by atoms with Crippen LogP contribution in [-0.4, -0.2) is 23.6 Å². The second kappa shape index (κ2) is 10.6. The molecule has 0 saturated heterocycles. The summed E-state index contributed by atoms with van der Waals surface area (Å²) in [7, 11) is 0. The molecule has 1 N–H and O–H groups in total. The summed E-state index contributed by atoms with van der Waals surface area (Å²) in [6, 6.07) is 0. The van der Waals surface area contributed by atoms with Gasteiger partial charge in [0.05, 0.1) is 20.2 Å². The Hall–Kier alpha value is -1.86. The lowest BCUT2D eigenvalue weighted by atomic mass is 9.97. The van der Waals surface area contributed by atoms with Crippen molar-refractivity contribution in [2.45, 2.75) is 47.4 Å². The van der Waals surface area contributed by atoms with E-state index in [9.17, 15) is 44.3 Å². The zero-order valence-corrected chi connectivity index (χ0v) is 18.9. The monoisotopic (exact) mass is 521 g/mol. The first-order chi connectivity index (χ1) is 15.3. The Balaban J connectivity index is 2.51. The molecule has 0 aliphatic carbocycles. The summed E-state index contributed by atoms with van der Waals surface area (Å²) in [5, 5.41) is 2.83. The van der Waals surface area contributed by atoms with Gasteiger partial charge < -0.3 is 5.32 Å². The number of halogens is 9. The zero-order chi connectivity index (χ0) is 25.2. The van der Waals surface area contributed by atoms with Crippen LogP contribution in [0.15, 0.2) is 14.7 Å². The lowest BCUT2D eigenvalue weighted by Gasteiger charge is -2.28. The average molecular weight is 521 g/mol. The van der Waals surface area contributed by atoms with Crippen molar-refractivity contribution < 1.29 is 44.3 Å². The minimum Gasteiger partial charge on any atom is -0.305 e. The molecule has 1 unspecified atom stereocenters. The predicted octanol–water partition coefficient (Wildman–Crippen LogP) is 6.53. The van der Waals surface area contributed by atoms with Gasteiger partial charge >= 0.3 is 0 Å². The molecule has 0 aliphatic heterocycles. The number of hydrogen-bond donors (Lipinski definition) is 1. The van der Waals surface area contributed by atoms with Crippen LogP contribution in [-0.2, 0) is 4.79 Å². The van der Waals surface area contributed by atoms with Gasteiger partial charge in [-0.15, -0.1) is 11.8 Å². The smallest absolute Gasteiger partial charge is 0.200 e. The zero-order valence-electron chi connectivity index (χ0n) is 17.2. The van der Waals surface area contributed by atoms with E-state index in [4.69, 9.17) is 0 Å². The van der Waals surface area contributed by atoms with Crippen LogP contribution in [0.3, 0.4) is 0 Å². The molecule has 0 spiro atoms. The molecule has 2 aromatic rings. The summed E-state index contributed by atoms with van der Waals surface area (Å²) in [6.45, 7) is 4.95. The van der Waals surface area contributed by atoms with Crippen LogP contribution in [0.2, 0.25) is 0 Å². The molecule has 2 aromatic carbocycles. The van der Waals surface area contributed by atoms with Gasteiger partial charge in [-0.3, -0.25) is 4.79 Å². The summed E-state index contributed by atoms with van der Waals surface area (Å²) in [4.78, 5) is 7.64. The average Bonchev–Trinajstić information content (AvgIpc) is 2.79. The molecule has 33 heavy (non-hydrogen) atoms. The van der Waals surface area contributed by atoms with Crippen molar-refractivity contribution in [3.05, 3.63) is 52.4 Å². The number of rotatable bonds is 9. The highest BCUT2D eigenvalue weighted by molar-refractivity contribution is 7.99. The van der Waals surface area contributed by atoms with E-state index in [-0.39, 0.29) is 29.7 Å². The summed E-state index contributed by atoms with van der Waals surface area (Å²) < 4.78 is 126. The largest absolute Gasteiger partial charge is 0.305 e. The van der Waals surface area contributed by atoms with E-state index in [2.05, 4.69) is 5.32 Å². The van der Waals surface area contributed by atoms with Gasteiger partial charge in [-0.1, -0.05) is 25.6 Å². The van der Waals surface area contributed by atoms with Crippen LogP contribution < -0.4 is 5.32 Å². The maximum Gasteiger partial charge on any atom is 0.200 e. The van der Waals surface area contributed by atoms with Crippen molar-refractivity contribution >= 4 is 29.3 Å². The van der Waals surface area contributed by atoms with E-state index in [0.717, 1.165) is 0 Å². The molecule has 2 nitrogen and oxygen atoms in total. The fraction of sp³-hybridized carbons (Fsp3) is 0.350. The lowest BCUT2D eigenvalue weighted by molar-refractivity contribution is -0.123. The third-order valence-electron chi connectivity index (χ3n) is 4.57. The molecular formula is C20H16F9NOS2. The highest BCUT2D eigenvalue weighted by Crippen LogP contribution is 2.42. The number of carbonyl (C=O) groups excluding carboxylic acids is 1. The van der Waals surface area contributed by atoms with E-state index in [1.54, 1.807) is 13.8 Å². The van der Waals surface area contributed by atoms with Crippen LogP contribution in [0.4, 0.5) is 39.5 Å². The standard InChI is InChI=1S/C20H16F9NOS2/c1-4-7(31)20(3,30-5-2)6-32-17-13(26)15(28)19(16(29)14(17)27)33-18-11(24)9(22)8(21)10(23)12(18)25/h30H,4-6H2,1-3H3. The first-order valence-corrected chi connectivity index (χ1v) is 11.1. The fourth-order valence-corrected chi connectivity index (χ4v) is 4.86. The molecule has 0 radical (unpaired) electrons. The summed E-state index contributed by atoms with van der Waals surface area (Å²) >= 11 is -0.414. The van der Waals surface area contributed by atoms with Gasteiger partial charge in [-0.05, 0) is 13.5 Å². The highest BCUT2D eigenvalue weighted by atomic mass is 32.2. The first-order valence-electron chi connectivity index (χ1n) is 9.28. The topological polar surface area (TPSA) is 29.1 Å². The van der Waals surface area contributed by atoms with Crippen molar-refractivity contribution in [3.63, 3.8) is 0 Å². The van der Waals surface area contributed by atoms with Gasteiger partial charge in [0, 0.05) is 12.2 Å². The van der Waals surface area contributed by atoms with Crippen LogP contribution in [0.5, 0.6) is 0 Å². The number of hydrogen-bond acceptors (Lipinski definition) is 4. The number of nitrogens with one attached hydrogen (secondary N) is 1. The maximum absolute atomic E-state index is 14.6. The first kappa shape index (κ1) is 27.4. The molecule has 1 atom stereocenters. The Morgan fingerprint density at radius 2 is 1.06 bits per heavy atom. The third kappa shape index (κ3) is 5.14. The van der Waals surface area contributed by atoms with E-state index in [1.165, 1.54) is 6.92 Å². The molecule has 0 aromatic heterocycles. The van der Waals surface area contributed by atoms with Crippen molar-refractivity contribution in [1.82, 2.24) is 5.32 Å². The third-order valence-corrected chi connectivity index (χ3v) is 7.06. The Morgan fingerprint density at radius 1 is 0.697 bits per heavy atom. The lowest BCUT2D eigenvalue weighted by Crippen LogP contribution is -2.51. The van der Waals surface area contributed by atoms with E-state index in [1.807, 2.05) is 0 Å². The SMILES string of the molecule is CCNC(C)(CSc1c(F)c(F)c(Sc2c(F)c(F)c(F)c(F)c2F)c(F)c1F)C(=O)CC. The number of carbonyl (C=O) groups is 1. The molecule has 0 aliphatic rings. The van der Waals surface area contributed by atoms with E-state index in [0.29, 0.717) is 6.54 Å². The van der Waals surface area contributed by atoms with Crippen molar-refractivity contribution in [3.8, 4) is 0 Å². The molecule has 0 amide bonds. The molecule has 0 saturated carbocycles. The number of Topliss-reactive ketones (excluding diaryl/α,β-unsaturated/α-hetero) is 1. The van der Waals surface area contributed by atoms with Crippen LogP contribution in [0.1, 0.15) is 27.2 Å². The summed E-state index contributed by atoms with van der Waals surface area (Å²) in [5.74, 6) is -20.9. The van der Waals surface area contributed by atoms with Gasteiger partial charge in [0.1, 0.15) is 0 Å². The van der Waals surface area contributed by atoms with Crippen molar-refractivity contribution in [2.24, 2.45) is 0 Å². The van der Waals surface area contributed by atoms with Gasteiger partial charge in [0.2, 0.25) is 5.82 Å². The van der Waals surface area contributed by atoms with Crippen LogP contribution in [0, 0.1) is 52.4 Å². The molecule has 0 heterocycles. The number of thioether (sulfide) groups is 1. The summed E-state index contributed by atoms with van der Waals surface area (Å²) in [6.07, 6.45) is 0.0647. The molecule has 13 heteroatoms. The minimum atomic E-state index is -2.51. The molecular weight excluding hydrogens is 505 g/mol. The Bertz CT molecular complexity index is 1040. The molecule has 0 bridgehead atoms. The van der Waals surface area contributed by atoms with E-state index >= 15 is 0 Å². The number of ketones is 1. The summed E-state index contributed by atoms with van der Waals surface area (Å²) in [5.41, 5.74) is -1.29.